The summed E-state index contributed by atoms with van der Waals surface area (Å²) in [6.45, 7) is 1.81. The first-order chi connectivity index (χ1) is 22.9. The first kappa shape index (κ1) is 32.6. The predicted octanol–water partition coefficient (Wildman–Crippen LogP) is 8.02. The zero-order chi connectivity index (χ0) is 33.0. The molecule has 0 heterocycles. The molecular formula is C38H33N3O5S. The summed E-state index contributed by atoms with van der Waals surface area (Å²) < 4.78 is 11.0. The highest BCUT2D eigenvalue weighted by Crippen LogP contribution is 2.28. The second-order valence-corrected chi connectivity index (χ2v) is 11.7. The van der Waals surface area contributed by atoms with Crippen LogP contribution < -0.4 is 25.4 Å². The van der Waals surface area contributed by atoms with Gasteiger partial charge in [0.25, 0.3) is 11.8 Å². The fourth-order valence-electron chi connectivity index (χ4n) is 4.39. The molecule has 3 amide bonds. The fourth-order valence-corrected chi connectivity index (χ4v) is 5.31. The maximum atomic E-state index is 13.5. The molecule has 0 aromatic heterocycles. The minimum atomic E-state index is -0.502. The van der Waals surface area contributed by atoms with Crippen molar-refractivity contribution < 1.29 is 23.9 Å². The summed E-state index contributed by atoms with van der Waals surface area (Å²) >= 11 is 1.36. The molecule has 0 aliphatic carbocycles. The van der Waals surface area contributed by atoms with Crippen LogP contribution in [0.2, 0.25) is 0 Å². The average molecular weight is 644 g/mol. The monoisotopic (exact) mass is 643 g/mol. The standard InChI is InChI=1S/C38H33N3O5S/c1-26(36(42)39-29-18-22-33(23-19-29)46-32-13-7-4-8-14-32)47-34-15-9-12-30(25-34)40-38(44)35(24-27-16-20-31(45-2)21-17-27)41-37(43)28-10-5-3-6-11-28/h3-26H,1-2H3,(H,39,42)(H,40,44)(H,41,43)/b35-24+. The van der Waals surface area contributed by atoms with Crippen LogP contribution in [0.25, 0.3) is 6.08 Å². The smallest absolute Gasteiger partial charge is 0.272 e. The van der Waals surface area contributed by atoms with Gasteiger partial charge in [0.15, 0.2) is 0 Å². The Morgan fingerprint density at radius 3 is 2.00 bits per heavy atom. The van der Waals surface area contributed by atoms with Crippen molar-refractivity contribution in [3.8, 4) is 17.2 Å². The first-order valence-electron chi connectivity index (χ1n) is 14.8. The molecular weight excluding hydrogens is 611 g/mol. The maximum absolute atomic E-state index is 13.5. The number of carbonyl (C=O) groups is 3. The van der Waals surface area contributed by atoms with Crippen LogP contribution in [0, 0.1) is 0 Å². The topological polar surface area (TPSA) is 106 Å². The SMILES string of the molecule is COc1ccc(/C=C(/NC(=O)c2ccccc2)C(=O)Nc2cccc(SC(C)C(=O)Nc3ccc(Oc4ccccc4)cc3)c2)cc1. The third-order valence-corrected chi connectivity index (χ3v) is 7.92. The Balaban J connectivity index is 1.23. The Hall–Kier alpha value is -5.80. The number of anilines is 2. The lowest BCUT2D eigenvalue weighted by atomic mass is 10.1. The summed E-state index contributed by atoms with van der Waals surface area (Å²) in [7, 11) is 1.57. The fraction of sp³-hybridized carbons (Fsp3) is 0.0789. The molecule has 236 valence electrons. The molecule has 3 N–H and O–H groups in total. The highest BCUT2D eigenvalue weighted by molar-refractivity contribution is 8.00. The van der Waals surface area contributed by atoms with Gasteiger partial charge in [0.05, 0.1) is 12.4 Å². The van der Waals surface area contributed by atoms with E-state index in [0.29, 0.717) is 34.0 Å². The zero-order valence-corrected chi connectivity index (χ0v) is 26.6. The van der Waals surface area contributed by atoms with Crippen molar-refractivity contribution in [1.29, 1.82) is 0 Å². The van der Waals surface area contributed by atoms with E-state index in [1.165, 1.54) is 11.8 Å². The predicted molar refractivity (Wildman–Crippen MR) is 187 cm³/mol. The van der Waals surface area contributed by atoms with Crippen molar-refractivity contribution in [2.75, 3.05) is 17.7 Å². The molecule has 0 saturated carbocycles. The molecule has 0 radical (unpaired) electrons. The van der Waals surface area contributed by atoms with Gasteiger partial charge in [-0.05, 0) is 97.4 Å². The van der Waals surface area contributed by atoms with Crippen LogP contribution in [0.15, 0.2) is 144 Å². The average Bonchev–Trinajstić information content (AvgIpc) is 3.10. The quantitative estimate of drug-likeness (QED) is 0.0940. The third-order valence-electron chi connectivity index (χ3n) is 6.83. The van der Waals surface area contributed by atoms with E-state index in [-0.39, 0.29) is 11.6 Å². The lowest BCUT2D eigenvalue weighted by Crippen LogP contribution is -2.30. The molecule has 0 bridgehead atoms. The Bertz CT molecular complexity index is 1840. The molecule has 0 fully saturated rings. The molecule has 0 spiro atoms. The van der Waals surface area contributed by atoms with Gasteiger partial charge in [-0.25, -0.2) is 0 Å². The molecule has 0 saturated heterocycles. The molecule has 1 atom stereocenters. The van der Waals surface area contributed by atoms with Crippen molar-refractivity contribution in [1.82, 2.24) is 5.32 Å². The number of thioether (sulfide) groups is 1. The minimum Gasteiger partial charge on any atom is -0.497 e. The highest BCUT2D eigenvalue weighted by Gasteiger charge is 2.18. The van der Waals surface area contributed by atoms with Gasteiger partial charge in [0, 0.05) is 21.8 Å². The molecule has 1 unspecified atom stereocenters. The number of benzene rings is 5. The van der Waals surface area contributed by atoms with Crippen LogP contribution in [0.4, 0.5) is 11.4 Å². The molecule has 8 nitrogen and oxygen atoms in total. The van der Waals surface area contributed by atoms with Gasteiger partial charge in [0.1, 0.15) is 22.9 Å². The lowest BCUT2D eigenvalue weighted by molar-refractivity contribution is -0.115. The molecule has 5 aromatic rings. The van der Waals surface area contributed by atoms with Crippen LogP contribution in [-0.4, -0.2) is 30.1 Å². The molecule has 0 aliphatic rings. The summed E-state index contributed by atoms with van der Waals surface area (Å²) in [6, 6.07) is 39.6. The number of para-hydroxylation sites is 1. The Morgan fingerprint density at radius 2 is 1.32 bits per heavy atom. The van der Waals surface area contributed by atoms with Crippen molar-refractivity contribution in [3.05, 3.63) is 150 Å². The number of amides is 3. The largest absolute Gasteiger partial charge is 0.497 e. The van der Waals surface area contributed by atoms with Crippen molar-refractivity contribution in [3.63, 3.8) is 0 Å². The van der Waals surface area contributed by atoms with E-state index in [4.69, 9.17) is 9.47 Å². The number of rotatable bonds is 12. The van der Waals surface area contributed by atoms with E-state index in [1.807, 2.05) is 49.4 Å². The molecule has 0 aliphatic heterocycles. The number of ether oxygens (including phenoxy) is 2. The van der Waals surface area contributed by atoms with Crippen LogP contribution >= 0.6 is 11.8 Å². The lowest BCUT2D eigenvalue weighted by Gasteiger charge is -2.14. The van der Waals surface area contributed by atoms with Gasteiger partial charge in [0.2, 0.25) is 5.91 Å². The second kappa shape index (κ2) is 16.0. The molecule has 47 heavy (non-hydrogen) atoms. The second-order valence-electron chi connectivity index (χ2n) is 10.3. The van der Waals surface area contributed by atoms with Crippen molar-refractivity contribution in [2.24, 2.45) is 0 Å². The van der Waals surface area contributed by atoms with Crippen LogP contribution in [0.3, 0.4) is 0 Å². The summed E-state index contributed by atoms with van der Waals surface area (Å²) in [6.07, 6.45) is 1.60. The number of methoxy groups -OCH3 is 1. The summed E-state index contributed by atoms with van der Waals surface area (Å²) in [5, 5.41) is 8.12. The van der Waals surface area contributed by atoms with Gasteiger partial charge < -0.3 is 25.4 Å². The van der Waals surface area contributed by atoms with Crippen LogP contribution in [0.1, 0.15) is 22.8 Å². The third kappa shape index (κ3) is 9.59. The van der Waals surface area contributed by atoms with E-state index >= 15 is 0 Å². The van der Waals surface area contributed by atoms with Gasteiger partial charge in [-0.3, -0.25) is 14.4 Å². The minimum absolute atomic E-state index is 0.0648. The van der Waals surface area contributed by atoms with E-state index in [2.05, 4.69) is 16.0 Å². The van der Waals surface area contributed by atoms with Gasteiger partial charge in [-0.2, -0.15) is 0 Å². The number of carbonyl (C=O) groups excluding carboxylic acids is 3. The van der Waals surface area contributed by atoms with E-state index in [9.17, 15) is 14.4 Å². The summed E-state index contributed by atoms with van der Waals surface area (Å²) in [4.78, 5) is 40.2. The molecule has 5 aromatic carbocycles. The van der Waals surface area contributed by atoms with Gasteiger partial charge >= 0.3 is 0 Å². The Kier molecular flexibility index (Phi) is 11.1. The van der Waals surface area contributed by atoms with E-state index < -0.39 is 17.1 Å². The van der Waals surface area contributed by atoms with Crippen LogP contribution in [-0.2, 0) is 9.59 Å². The summed E-state index contributed by atoms with van der Waals surface area (Å²) in [5.41, 5.74) is 2.35. The summed E-state index contributed by atoms with van der Waals surface area (Å²) in [5.74, 6) is 0.978. The molecule has 5 rings (SSSR count). The Morgan fingerprint density at radius 1 is 0.681 bits per heavy atom. The van der Waals surface area contributed by atoms with Gasteiger partial charge in [-0.15, -0.1) is 11.8 Å². The van der Waals surface area contributed by atoms with Crippen molar-refractivity contribution >= 4 is 46.9 Å². The number of hydrogen-bond acceptors (Lipinski definition) is 6. The van der Waals surface area contributed by atoms with E-state index in [1.54, 1.807) is 104 Å². The van der Waals surface area contributed by atoms with Crippen molar-refractivity contribution in [2.45, 2.75) is 17.1 Å². The highest BCUT2D eigenvalue weighted by atomic mass is 32.2. The van der Waals surface area contributed by atoms with Gasteiger partial charge in [-0.1, -0.05) is 54.6 Å². The van der Waals surface area contributed by atoms with E-state index in [0.717, 1.165) is 10.6 Å². The normalized spacial score (nSPS) is 11.6. The Labute approximate surface area is 277 Å². The molecule has 9 heteroatoms. The first-order valence-corrected chi connectivity index (χ1v) is 15.7. The zero-order valence-electron chi connectivity index (χ0n) is 25.8. The maximum Gasteiger partial charge on any atom is 0.272 e. The number of nitrogens with one attached hydrogen (secondary N) is 3. The van der Waals surface area contributed by atoms with Crippen LogP contribution in [0.5, 0.6) is 17.2 Å². The number of hydrogen-bond donors (Lipinski definition) is 3.